The zero-order valence-electron chi connectivity index (χ0n) is 10.1. The van der Waals surface area contributed by atoms with Crippen molar-refractivity contribution in [1.29, 1.82) is 0 Å². The van der Waals surface area contributed by atoms with Crippen LogP contribution >= 0.6 is 39.7 Å². The number of halogens is 2. The van der Waals surface area contributed by atoms with E-state index in [-0.39, 0.29) is 0 Å². The summed E-state index contributed by atoms with van der Waals surface area (Å²) in [6, 6.07) is 9.40. The highest BCUT2D eigenvalue weighted by molar-refractivity contribution is 9.10. The summed E-state index contributed by atoms with van der Waals surface area (Å²) >= 11 is 14.6. The fraction of sp³-hybridized carbons (Fsp3) is 0.0769. The predicted octanol–water partition coefficient (Wildman–Crippen LogP) is 3.90. The first-order valence-electron chi connectivity index (χ1n) is 5.44. The highest BCUT2D eigenvalue weighted by Gasteiger charge is 2.14. The molecule has 0 fully saturated rings. The molecular formula is C13H11BrClN3S. The molecule has 0 amide bonds. The third-order valence-electron chi connectivity index (χ3n) is 2.64. The van der Waals surface area contributed by atoms with Crippen LogP contribution in [0.4, 0.5) is 11.5 Å². The minimum Gasteiger partial charge on any atom is -0.389 e. The largest absolute Gasteiger partial charge is 0.389 e. The van der Waals surface area contributed by atoms with E-state index in [2.05, 4.69) is 20.9 Å². The fourth-order valence-electron chi connectivity index (χ4n) is 1.74. The number of hydrogen-bond acceptors (Lipinski definition) is 3. The molecule has 0 aliphatic heterocycles. The first kappa shape index (κ1) is 14.2. The molecule has 1 aromatic heterocycles. The van der Waals surface area contributed by atoms with E-state index in [1.165, 1.54) is 0 Å². The van der Waals surface area contributed by atoms with Crippen molar-refractivity contribution in [3.05, 3.63) is 51.6 Å². The molecule has 1 heterocycles. The molecule has 0 unspecified atom stereocenters. The zero-order valence-corrected chi connectivity index (χ0v) is 13.3. The Labute approximate surface area is 130 Å². The Morgan fingerprint density at radius 1 is 1.42 bits per heavy atom. The van der Waals surface area contributed by atoms with Gasteiger partial charge in [-0.2, -0.15) is 0 Å². The predicted molar refractivity (Wildman–Crippen MR) is 87.3 cm³/mol. The molecule has 0 aliphatic carbocycles. The number of aromatic nitrogens is 1. The average molecular weight is 357 g/mol. The van der Waals surface area contributed by atoms with Crippen molar-refractivity contribution in [1.82, 2.24) is 4.98 Å². The van der Waals surface area contributed by atoms with Gasteiger partial charge in [0.1, 0.15) is 4.99 Å². The number of anilines is 2. The summed E-state index contributed by atoms with van der Waals surface area (Å²) in [7, 11) is 1.87. The molecule has 2 aromatic rings. The molecule has 0 spiro atoms. The fourth-order valence-corrected chi connectivity index (χ4v) is 2.67. The van der Waals surface area contributed by atoms with Gasteiger partial charge < -0.3 is 10.6 Å². The van der Waals surface area contributed by atoms with E-state index in [4.69, 9.17) is 29.6 Å². The Morgan fingerprint density at radius 2 is 2.11 bits per heavy atom. The van der Waals surface area contributed by atoms with Crippen LogP contribution < -0.4 is 10.6 Å². The highest BCUT2D eigenvalue weighted by Crippen LogP contribution is 2.32. The summed E-state index contributed by atoms with van der Waals surface area (Å²) in [5, 5.41) is 0.551. The second kappa shape index (κ2) is 5.86. The minimum atomic E-state index is 0.343. The number of rotatable bonds is 3. The number of nitrogens with two attached hydrogens (primary N) is 1. The monoisotopic (exact) mass is 355 g/mol. The molecule has 19 heavy (non-hydrogen) atoms. The Hall–Kier alpha value is -1.17. The smallest absolute Gasteiger partial charge is 0.151 e. The number of hydrogen-bond donors (Lipinski definition) is 1. The van der Waals surface area contributed by atoms with Crippen molar-refractivity contribution in [2.45, 2.75) is 0 Å². The minimum absolute atomic E-state index is 0.343. The summed E-state index contributed by atoms with van der Waals surface area (Å²) in [5.74, 6) is 0.647. The summed E-state index contributed by atoms with van der Waals surface area (Å²) in [4.78, 5) is 6.53. The standard InChI is InChI=1S/C13H11BrClN3S/c1-18(13-10(15)6-8(14)7-17-13)11-5-3-2-4-9(11)12(16)19/h2-7H,1H3,(H2,16,19). The first-order valence-corrected chi connectivity index (χ1v) is 7.02. The Kier molecular flexibility index (Phi) is 4.39. The molecule has 0 saturated carbocycles. The molecule has 0 bridgehead atoms. The van der Waals surface area contributed by atoms with Gasteiger partial charge in [0.05, 0.1) is 10.7 Å². The van der Waals surface area contributed by atoms with E-state index < -0.39 is 0 Å². The van der Waals surface area contributed by atoms with Gasteiger partial charge in [0.15, 0.2) is 5.82 Å². The third kappa shape index (κ3) is 3.05. The van der Waals surface area contributed by atoms with Gasteiger partial charge in [-0.25, -0.2) is 4.98 Å². The lowest BCUT2D eigenvalue weighted by molar-refractivity contribution is 1.12. The van der Waals surface area contributed by atoms with Crippen molar-refractivity contribution in [3.8, 4) is 0 Å². The molecule has 98 valence electrons. The van der Waals surface area contributed by atoms with Crippen molar-refractivity contribution in [3.63, 3.8) is 0 Å². The molecular weight excluding hydrogens is 346 g/mol. The maximum Gasteiger partial charge on any atom is 0.151 e. The second-order valence-electron chi connectivity index (χ2n) is 3.90. The summed E-state index contributed by atoms with van der Waals surface area (Å²) in [5.41, 5.74) is 7.40. The zero-order chi connectivity index (χ0) is 14.0. The maximum atomic E-state index is 6.21. The molecule has 1 aromatic carbocycles. The lowest BCUT2D eigenvalue weighted by atomic mass is 10.1. The lowest BCUT2D eigenvalue weighted by Crippen LogP contribution is -2.18. The van der Waals surface area contributed by atoms with E-state index in [0.29, 0.717) is 15.8 Å². The Bertz CT molecular complexity index is 633. The van der Waals surface area contributed by atoms with E-state index in [9.17, 15) is 0 Å². The number of pyridine rings is 1. The topological polar surface area (TPSA) is 42.1 Å². The molecule has 0 aliphatic rings. The van der Waals surface area contributed by atoms with Crippen LogP contribution in [-0.4, -0.2) is 17.0 Å². The van der Waals surface area contributed by atoms with Crippen LogP contribution in [0.1, 0.15) is 5.56 Å². The average Bonchev–Trinajstić information content (AvgIpc) is 2.38. The van der Waals surface area contributed by atoms with Crippen LogP contribution in [0.15, 0.2) is 41.0 Å². The Balaban J connectivity index is 2.50. The van der Waals surface area contributed by atoms with E-state index in [1.54, 1.807) is 12.3 Å². The summed E-state index contributed by atoms with van der Waals surface area (Å²) in [6.45, 7) is 0. The molecule has 0 radical (unpaired) electrons. The van der Waals surface area contributed by atoms with Gasteiger partial charge in [-0.15, -0.1) is 0 Å². The molecule has 0 saturated heterocycles. The lowest BCUT2D eigenvalue weighted by Gasteiger charge is -2.22. The second-order valence-corrected chi connectivity index (χ2v) is 5.66. The van der Waals surface area contributed by atoms with Crippen LogP contribution in [0, 0.1) is 0 Å². The highest BCUT2D eigenvalue weighted by atomic mass is 79.9. The Morgan fingerprint density at radius 3 is 2.74 bits per heavy atom. The molecule has 2 N–H and O–H groups in total. The normalized spacial score (nSPS) is 10.3. The van der Waals surface area contributed by atoms with E-state index >= 15 is 0 Å². The van der Waals surface area contributed by atoms with Gasteiger partial charge in [-0.05, 0) is 34.1 Å². The molecule has 6 heteroatoms. The van der Waals surface area contributed by atoms with Gasteiger partial charge in [0, 0.05) is 23.3 Å². The van der Waals surface area contributed by atoms with Gasteiger partial charge in [0.2, 0.25) is 0 Å². The first-order chi connectivity index (χ1) is 9.00. The van der Waals surface area contributed by atoms with E-state index in [0.717, 1.165) is 15.7 Å². The van der Waals surface area contributed by atoms with Gasteiger partial charge in [-0.3, -0.25) is 0 Å². The number of para-hydroxylation sites is 1. The van der Waals surface area contributed by atoms with Crippen LogP contribution in [0.25, 0.3) is 0 Å². The van der Waals surface area contributed by atoms with Gasteiger partial charge in [-0.1, -0.05) is 36.0 Å². The van der Waals surface area contributed by atoms with Gasteiger partial charge >= 0.3 is 0 Å². The SMILES string of the molecule is CN(c1ccccc1C(N)=S)c1ncc(Br)cc1Cl. The number of benzene rings is 1. The van der Waals surface area contributed by atoms with Crippen molar-refractivity contribution in [2.75, 3.05) is 11.9 Å². The maximum absolute atomic E-state index is 6.21. The van der Waals surface area contributed by atoms with Crippen LogP contribution in [0.3, 0.4) is 0 Å². The van der Waals surface area contributed by atoms with Crippen molar-refractivity contribution in [2.24, 2.45) is 5.73 Å². The van der Waals surface area contributed by atoms with Gasteiger partial charge in [0.25, 0.3) is 0 Å². The summed E-state index contributed by atoms with van der Waals surface area (Å²) in [6.07, 6.45) is 1.70. The molecule has 0 atom stereocenters. The quantitative estimate of drug-likeness (QED) is 0.847. The number of thiocarbonyl (C=S) groups is 1. The summed E-state index contributed by atoms with van der Waals surface area (Å²) < 4.78 is 0.831. The van der Waals surface area contributed by atoms with Crippen molar-refractivity contribution < 1.29 is 0 Å². The van der Waals surface area contributed by atoms with Crippen molar-refractivity contribution >= 4 is 56.2 Å². The molecule has 3 nitrogen and oxygen atoms in total. The van der Waals surface area contributed by atoms with Crippen LogP contribution in [-0.2, 0) is 0 Å². The number of nitrogens with zero attached hydrogens (tertiary/aromatic N) is 2. The van der Waals surface area contributed by atoms with E-state index in [1.807, 2.05) is 36.2 Å². The van der Waals surface area contributed by atoms with Crippen LogP contribution in [0.5, 0.6) is 0 Å². The molecule has 2 rings (SSSR count). The third-order valence-corrected chi connectivity index (χ3v) is 3.57. The van der Waals surface area contributed by atoms with Crippen LogP contribution in [0.2, 0.25) is 5.02 Å².